The molecule has 0 N–H and O–H groups in total. The van der Waals surface area contributed by atoms with Crippen molar-refractivity contribution < 1.29 is 9.53 Å². The summed E-state index contributed by atoms with van der Waals surface area (Å²) in [5.41, 5.74) is 3.32. The Bertz CT molecular complexity index is 1010. The van der Waals surface area contributed by atoms with Gasteiger partial charge in [0.2, 0.25) is 0 Å². The van der Waals surface area contributed by atoms with E-state index in [-0.39, 0.29) is 11.9 Å². The van der Waals surface area contributed by atoms with Crippen LogP contribution in [-0.2, 0) is 4.74 Å². The Hall–Kier alpha value is -2.86. The highest BCUT2D eigenvalue weighted by molar-refractivity contribution is 6.30. The van der Waals surface area contributed by atoms with Crippen molar-refractivity contribution >= 4 is 28.9 Å². The molecule has 2 heterocycles. The first-order chi connectivity index (χ1) is 13.0. The van der Waals surface area contributed by atoms with E-state index in [1.165, 1.54) is 7.11 Å². The Morgan fingerprint density at radius 1 is 1.15 bits per heavy atom. The molecule has 2 aromatic carbocycles. The molecule has 1 aliphatic rings. The van der Waals surface area contributed by atoms with Gasteiger partial charge in [0.25, 0.3) is 0 Å². The summed E-state index contributed by atoms with van der Waals surface area (Å²) < 4.78 is 6.96. The number of anilines is 2. The zero-order valence-electron chi connectivity index (χ0n) is 15.3. The van der Waals surface area contributed by atoms with Crippen molar-refractivity contribution in [2.45, 2.75) is 19.8 Å². The van der Waals surface area contributed by atoms with E-state index < -0.39 is 0 Å². The summed E-state index contributed by atoms with van der Waals surface area (Å²) in [5.74, 6) is 1.47. The molecule has 3 aromatic rings. The average Bonchev–Trinajstić information content (AvgIpc) is 3.01. The molecule has 138 valence electrons. The van der Waals surface area contributed by atoms with E-state index in [9.17, 15) is 4.79 Å². The SMILES string of the molecule is COC(=O)c1ccc2c(c1)N(c1ccc(Cl)cc1)C[C@@H](C)c1nnc(C)n1-2. The first-order valence-corrected chi connectivity index (χ1v) is 9.05. The van der Waals surface area contributed by atoms with Crippen LogP contribution in [0.15, 0.2) is 42.5 Å². The summed E-state index contributed by atoms with van der Waals surface area (Å²) in [7, 11) is 1.38. The predicted octanol–water partition coefficient (Wildman–Crippen LogP) is 4.27. The second-order valence-corrected chi connectivity index (χ2v) is 7.06. The molecule has 27 heavy (non-hydrogen) atoms. The standard InChI is InChI=1S/C20H19ClN4O2/c1-12-11-24(16-7-5-15(21)6-8-16)18-10-14(20(26)27-3)4-9-17(18)25-13(2)22-23-19(12)25/h4-10,12H,11H2,1-3H3/t12-/m1/s1. The lowest BCUT2D eigenvalue weighted by Gasteiger charge is -2.27. The highest BCUT2D eigenvalue weighted by Crippen LogP contribution is 2.39. The molecular formula is C20H19ClN4O2. The molecule has 1 aromatic heterocycles. The van der Waals surface area contributed by atoms with Crippen molar-refractivity contribution in [3.63, 3.8) is 0 Å². The van der Waals surface area contributed by atoms with Crippen LogP contribution in [-0.4, -0.2) is 34.4 Å². The van der Waals surface area contributed by atoms with Gasteiger partial charge in [0.05, 0.1) is 24.0 Å². The van der Waals surface area contributed by atoms with Crippen molar-refractivity contribution in [2.75, 3.05) is 18.6 Å². The molecule has 1 aliphatic heterocycles. The fourth-order valence-corrected chi connectivity index (χ4v) is 3.61. The number of aryl methyl sites for hydroxylation is 1. The Labute approximate surface area is 162 Å². The lowest BCUT2D eigenvalue weighted by Crippen LogP contribution is -2.22. The normalized spacial score (nSPS) is 15.7. The summed E-state index contributed by atoms with van der Waals surface area (Å²) in [6.45, 7) is 4.74. The maximum atomic E-state index is 12.1. The van der Waals surface area contributed by atoms with Crippen molar-refractivity contribution in [1.82, 2.24) is 14.8 Å². The molecule has 0 spiro atoms. The highest BCUT2D eigenvalue weighted by atomic mass is 35.5. The highest BCUT2D eigenvalue weighted by Gasteiger charge is 2.29. The molecule has 0 radical (unpaired) electrons. The summed E-state index contributed by atoms with van der Waals surface area (Å²) in [5, 5.41) is 9.32. The molecular weight excluding hydrogens is 364 g/mol. The maximum Gasteiger partial charge on any atom is 0.337 e. The van der Waals surface area contributed by atoms with Gasteiger partial charge in [-0.2, -0.15) is 0 Å². The minimum absolute atomic E-state index is 0.135. The Morgan fingerprint density at radius 3 is 2.59 bits per heavy atom. The number of rotatable bonds is 2. The third-order valence-electron chi connectivity index (χ3n) is 4.81. The van der Waals surface area contributed by atoms with Gasteiger partial charge in [-0.15, -0.1) is 10.2 Å². The zero-order valence-corrected chi connectivity index (χ0v) is 16.1. The number of methoxy groups -OCH3 is 1. The van der Waals surface area contributed by atoms with Crippen molar-refractivity contribution in [3.05, 3.63) is 64.7 Å². The number of fused-ring (bicyclic) bond motifs is 3. The fraction of sp³-hybridized carbons (Fsp3) is 0.250. The summed E-state index contributed by atoms with van der Waals surface area (Å²) in [6.07, 6.45) is 0. The third-order valence-corrected chi connectivity index (χ3v) is 5.07. The zero-order chi connectivity index (χ0) is 19.1. The molecule has 0 aliphatic carbocycles. The van der Waals surface area contributed by atoms with E-state index in [2.05, 4.69) is 26.6 Å². The molecule has 0 bridgehead atoms. The number of hydrogen-bond donors (Lipinski definition) is 0. The third kappa shape index (κ3) is 2.96. The Kier molecular flexibility index (Phi) is 4.36. The van der Waals surface area contributed by atoms with E-state index in [4.69, 9.17) is 16.3 Å². The van der Waals surface area contributed by atoms with Crippen LogP contribution in [0.25, 0.3) is 5.69 Å². The quantitative estimate of drug-likeness (QED) is 0.619. The molecule has 0 amide bonds. The van der Waals surface area contributed by atoms with Crippen LogP contribution in [0.2, 0.25) is 5.02 Å². The number of halogens is 1. The molecule has 0 saturated carbocycles. The summed E-state index contributed by atoms with van der Waals surface area (Å²) in [4.78, 5) is 14.3. The lowest BCUT2D eigenvalue weighted by molar-refractivity contribution is 0.0601. The van der Waals surface area contributed by atoms with Crippen LogP contribution in [0.3, 0.4) is 0 Å². The van der Waals surface area contributed by atoms with Crippen molar-refractivity contribution in [2.24, 2.45) is 0 Å². The minimum Gasteiger partial charge on any atom is -0.465 e. The number of nitrogens with zero attached hydrogens (tertiary/aromatic N) is 4. The molecule has 4 rings (SSSR count). The largest absolute Gasteiger partial charge is 0.465 e. The van der Waals surface area contributed by atoms with Crippen LogP contribution in [0.1, 0.15) is 34.8 Å². The maximum absolute atomic E-state index is 12.1. The molecule has 6 nitrogen and oxygen atoms in total. The average molecular weight is 383 g/mol. The monoisotopic (exact) mass is 382 g/mol. The number of aromatic nitrogens is 3. The lowest BCUT2D eigenvalue weighted by atomic mass is 10.1. The first-order valence-electron chi connectivity index (χ1n) is 8.67. The second kappa shape index (κ2) is 6.70. The van der Waals surface area contributed by atoms with Crippen molar-refractivity contribution in [1.29, 1.82) is 0 Å². The van der Waals surface area contributed by atoms with Gasteiger partial charge in [-0.3, -0.25) is 4.57 Å². The van der Waals surface area contributed by atoms with Crippen LogP contribution in [0.4, 0.5) is 11.4 Å². The van der Waals surface area contributed by atoms with Gasteiger partial charge in [0, 0.05) is 23.2 Å². The molecule has 7 heteroatoms. The fourth-order valence-electron chi connectivity index (χ4n) is 3.49. The molecule has 0 fully saturated rings. The van der Waals surface area contributed by atoms with E-state index in [1.807, 2.05) is 43.3 Å². The number of benzene rings is 2. The van der Waals surface area contributed by atoms with Gasteiger partial charge in [-0.1, -0.05) is 18.5 Å². The van der Waals surface area contributed by atoms with Gasteiger partial charge < -0.3 is 9.64 Å². The van der Waals surface area contributed by atoms with Crippen LogP contribution in [0.5, 0.6) is 0 Å². The Balaban J connectivity index is 1.96. The van der Waals surface area contributed by atoms with Crippen LogP contribution >= 0.6 is 11.6 Å². The number of carbonyl (C=O) groups excluding carboxylic acids is 1. The first kappa shape index (κ1) is 17.5. The molecule has 1 atom stereocenters. The van der Waals surface area contributed by atoms with E-state index in [0.29, 0.717) is 17.1 Å². The van der Waals surface area contributed by atoms with Crippen LogP contribution in [0, 0.1) is 6.92 Å². The second-order valence-electron chi connectivity index (χ2n) is 6.62. The number of carbonyl (C=O) groups is 1. The smallest absolute Gasteiger partial charge is 0.337 e. The molecule has 0 saturated heterocycles. The van der Waals surface area contributed by atoms with Gasteiger partial charge >= 0.3 is 5.97 Å². The summed E-state index contributed by atoms with van der Waals surface area (Å²) in [6, 6.07) is 13.2. The van der Waals surface area contributed by atoms with E-state index in [1.54, 1.807) is 6.07 Å². The number of ether oxygens (including phenoxy) is 1. The van der Waals surface area contributed by atoms with Gasteiger partial charge in [-0.05, 0) is 49.4 Å². The predicted molar refractivity (Wildman–Crippen MR) is 104 cm³/mol. The van der Waals surface area contributed by atoms with Gasteiger partial charge in [-0.25, -0.2) is 4.79 Å². The molecule has 0 unspecified atom stereocenters. The van der Waals surface area contributed by atoms with E-state index in [0.717, 1.165) is 28.7 Å². The number of hydrogen-bond acceptors (Lipinski definition) is 5. The minimum atomic E-state index is -0.369. The summed E-state index contributed by atoms with van der Waals surface area (Å²) >= 11 is 6.07. The van der Waals surface area contributed by atoms with Gasteiger partial charge in [0.15, 0.2) is 0 Å². The van der Waals surface area contributed by atoms with Crippen LogP contribution < -0.4 is 4.90 Å². The van der Waals surface area contributed by atoms with Crippen molar-refractivity contribution in [3.8, 4) is 5.69 Å². The topological polar surface area (TPSA) is 60.2 Å². The number of esters is 1. The van der Waals surface area contributed by atoms with Gasteiger partial charge in [0.1, 0.15) is 11.6 Å². The Morgan fingerprint density at radius 2 is 1.89 bits per heavy atom. The van der Waals surface area contributed by atoms with E-state index >= 15 is 0 Å².